The van der Waals surface area contributed by atoms with Gasteiger partial charge in [-0.15, -0.1) is 0 Å². The third-order valence-corrected chi connectivity index (χ3v) is 5.82. The second kappa shape index (κ2) is 13.1. The van der Waals surface area contributed by atoms with Crippen LogP contribution in [0.1, 0.15) is 49.7 Å². The predicted octanol–water partition coefficient (Wildman–Crippen LogP) is 5.90. The first-order valence-electron chi connectivity index (χ1n) is 11.3. The quantitative estimate of drug-likeness (QED) is 0.327. The molecule has 3 unspecified atom stereocenters. The van der Waals surface area contributed by atoms with E-state index in [0.717, 1.165) is 36.2 Å². The van der Waals surface area contributed by atoms with E-state index in [9.17, 15) is 22.4 Å². The summed E-state index contributed by atoms with van der Waals surface area (Å²) in [7, 11) is 1.84. The van der Waals surface area contributed by atoms with Crippen molar-refractivity contribution in [1.29, 1.82) is 0 Å². The number of ether oxygens (including phenoxy) is 1. The van der Waals surface area contributed by atoms with E-state index in [4.69, 9.17) is 14.6 Å². The van der Waals surface area contributed by atoms with E-state index in [0.29, 0.717) is 25.5 Å². The van der Waals surface area contributed by atoms with Gasteiger partial charge in [-0.1, -0.05) is 19.1 Å². The Bertz CT molecular complexity index is 967. The first-order chi connectivity index (χ1) is 16.6. The summed E-state index contributed by atoms with van der Waals surface area (Å²) in [6.45, 7) is 2.34. The van der Waals surface area contributed by atoms with Crippen molar-refractivity contribution in [3.63, 3.8) is 0 Å². The average molecular weight is 499 g/mol. The van der Waals surface area contributed by atoms with Crippen molar-refractivity contribution >= 4 is 23.8 Å². The molecule has 3 N–H and O–H groups in total. The van der Waals surface area contributed by atoms with Gasteiger partial charge in [0.1, 0.15) is 5.82 Å². The number of benzene rings is 2. The van der Waals surface area contributed by atoms with Crippen molar-refractivity contribution in [3.05, 3.63) is 59.4 Å². The van der Waals surface area contributed by atoms with Crippen molar-refractivity contribution in [2.45, 2.75) is 50.8 Å². The van der Waals surface area contributed by atoms with Gasteiger partial charge in [0, 0.05) is 25.3 Å². The number of amides is 1. The van der Waals surface area contributed by atoms with E-state index in [1.165, 1.54) is 0 Å². The summed E-state index contributed by atoms with van der Waals surface area (Å²) in [5.41, 5.74) is 0.723. The van der Waals surface area contributed by atoms with Crippen LogP contribution in [0.3, 0.4) is 0 Å². The summed E-state index contributed by atoms with van der Waals surface area (Å²) in [4.78, 5) is 21.3. The Morgan fingerprint density at radius 3 is 2.34 bits per heavy atom. The minimum atomic E-state index is -4.65. The van der Waals surface area contributed by atoms with Gasteiger partial charge < -0.3 is 20.5 Å². The molecule has 1 aliphatic rings. The molecule has 0 aliphatic heterocycles. The minimum absolute atomic E-state index is 0.0877. The van der Waals surface area contributed by atoms with Crippen molar-refractivity contribution in [1.82, 2.24) is 0 Å². The predicted molar refractivity (Wildman–Crippen MR) is 125 cm³/mol. The molecule has 0 heterocycles. The molecule has 3 rings (SSSR count). The fourth-order valence-corrected chi connectivity index (χ4v) is 4.12. The van der Waals surface area contributed by atoms with E-state index in [1.54, 1.807) is 0 Å². The van der Waals surface area contributed by atoms with Crippen LogP contribution in [0.5, 0.6) is 0 Å². The zero-order valence-corrected chi connectivity index (χ0v) is 19.6. The van der Waals surface area contributed by atoms with Crippen molar-refractivity contribution in [3.8, 4) is 0 Å². The van der Waals surface area contributed by atoms with Gasteiger partial charge in [-0.3, -0.25) is 9.59 Å². The Morgan fingerprint density at radius 1 is 1.14 bits per heavy atom. The molecule has 192 valence electrons. The SMILES string of the molecule is CCCOC1CC(C(=O)Nc2ccc(C(F)(F)F)cc2F)CC(c2ccc(NC)cc2)C1.O=CO. The molecular formula is C25H30F4N2O4. The van der Waals surface area contributed by atoms with Crippen molar-refractivity contribution in [2.24, 2.45) is 5.92 Å². The van der Waals surface area contributed by atoms with E-state index in [1.807, 2.05) is 38.2 Å². The van der Waals surface area contributed by atoms with Gasteiger partial charge >= 0.3 is 6.18 Å². The highest BCUT2D eigenvalue weighted by Gasteiger charge is 2.35. The number of carboxylic acid groups (broad SMARTS) is 1. The van der Waals surface area contributed by atoms with Gasteiger partial charge in [-0.05, 0) is 67.5 Å². The van der Waals surface area contributed by atoms with Crippen LogP contribution in [0.4, 0.5) is 28.9 Å². The lowest BCUT2D eigenvalue weighted by atomic mass is 9.76. The topological polar surface area (TPSA) is 87.7 Å². The normalized spacial score (nSPS) is 19.8. The second-order valence-corrected chi connectivity index (χ2v) is 8.25. The fraction of sp³-hybridized carbons (Fsp3) is 0.440. The fourth-order valence-electron chi connectivity index (χ4n) is 4.12. The second-order valence-electron chi connectivity index (χ2n) is 8.25. The summed E-state index contributed by atoms with van der Waals surface area (Å²) in [6, 6.07) is 10.1. The summed E-state index contributed by atoms with van der Waals surface area (Å²) < 4.78 is 58.5. The molecule has 3 atom stereocenters. The molecule has 0 radical (unpaired) electrons. The molecule has 2 aromatic carbocycles. The summed E-state index contributed by atoms with van der Waals surface area (Å²) in [5, 5.41) is 12.4. The summed E-state index contributed by atoms with van der Waals surface area (Å²) in [6.07, 6.45) is -2.10. The number of carbonyl (C=O) groups is 2. The smallest absolute Gasteiger partial charge is 0.416 e. The number of rotatable bonds is 7. The largest absolute Gasteiger partial charge is 0.483 e. The number of hydrogen-bond donors (Lipinski definition) is 3. The van der Waals surface area contributed by atoms with Crippen molar-refractivity contribution in [2.75, 3.05) is 24.3 Å². The van der Waals surface area contributed by atoms with Gasteiger partial charge in [0.25, 0.3) is 6.47 Å². The van der Waals surface area contributed by atoms with Crippen LogP contribution >= 0.6 is 0 Å². The van der Waals surface area contributed by atoms with Crippen LogP contribution in [0.15, 0.2) is 42.5 Å². The van der Waals surface area contributed by atoms with Crippen molar-refractivity contribution < 1.29 is 37.0 Å². The lowest BCUT2D eigenvalue weighted by molar-refractivity contribution is -0.137. The monoisotopic (exact) mass is 498 g/mol. The Kier molecular flexibility index (Phi) is 10.5. The first-order valence-corrected chi connectivity index (χ1v) is 11.3. The molecule has 1 aliphatic carbocycles. The highest BCUT2D eigenvalue weighted by atomic mass is 19.4. The van der Waals surface area contributed by atoms with E-state index in [2.05, 4.69) is 10.6 Å². The van der Waals surface area contributed by atoms with Crippen LogP contribution in [0.2, 0.25) is 0 Å². The Morgan fingerprint density at radius 2 is 1.80 bits per heavy atom. The number of halogens is 4. The van der Waals surface area contributed by atoms with Gasteiger partial charge in [0.2, 0.25) is 5.91 Å². The summed E-state index contributed by atoms with van der Waals surface area (Å²) >= 11 is 0. The molecule has 0 spiro atoms. The van der Waals surface area contributed by atoms with Crippen LogP contribution in [0.25, 0.3) is 0 Å². The van der Waals surface area contributed by atoms with Crippen LogP contribution in [0, 0.1) is 11.7 Å². The van der Waals surface area contributed by atoms with Gasteiger partial charge in [-0.2, -0.15) is 13.2 Å². The Balaban J connectivity index is 0.00000137. The molecule has 1 amide bonds. The van der Waals surface area contributed by atoms with E-state index < -0.39 is 29.4 Å². The maximum Gasteiger partial charge on any atom is 0.416 e. The minimum Gasteiger partial charge on any atom is -0.483 e. The molecule has 0 bridgehead atoms. The van der Waals surface area contributed by atoms with Gasteiger partial charge in [0.15, 0.2) is 0 Å². The lowest BCUT2D eigenvalue weighted by Crippen LogP contribution is -2.35. The molecular weight excluding hydrogens is 468 g/mol. The van der Waals surface area contributed by atoms with Gasteiger partial charge in [-0.25, -0.2) is 4.39 Å². The van der Waals surface area contributed by atoms with Crippen LogP contribution in [-0.2, 0) is 20.5 Å². The van der Waals surface area contributed by atoms with Gasteiger partial charge in [0.05, 0.1) is 17.4 Å². The van der Waals surface area contributed by atoms with E-state index in [-0.39, 0.29) is 24.2 Å². The zero-order valence-electron chi connectivity index (χ0n) is 19.6. The average Bonchev–Trinajstić information content (AvgIpc) is 2.83. The third kappa shape index (κ3) is 8.24. The number of nitrogens with one attached hydrogen (secondary N) is 2. The molecule has 2 aromatic rings. The Labute approximate surface area is 201 Å². The van der Waals surface area contributed by atoms with Crippen LogP contribution in [-0.4, -0.2) is 37.2 Å². The number of carbonyl (C=O) groups excluding carboxylic acids is 1. The highest BCUT2D eigenvalue weighted by molar-refractivity contribution is 5.92. The Hall–Kier alpha value is -3.14. The number of anilines is 2. The lowest BCUT2D eigenvalue weighted by Gasteiger charge is -2.34. The number of hydrogen-bond acceptors (Lipinski definition) is 4. The van der Waals surface area contributed by atoms with Crippen LogP contribution < -0.4 is 10.6 Å². The summed E-state index contributed by atoms with van der Waals surface area (Å²) in [5.74, 6) is -1.88. The molecule has 10 heteroatoms. The first kappa shape index (κ1) is 28.1. The maximum atomic E-state index is 14.2. The standard InChI is InChI=1S/C24H28F4N2O2.CH2O2/c1-3-10-32-20-12-16(15-4-7-19(29-2)8-5-15)11-17(13-20)23(31)30-22-9-6-18(14-21(22)25)24(26,27)28;2-1-3/h4-9,14,16-17,20,29H,3,10-13H2,1-2H3,(H,30,31);1H,(H,2,3). The zero-order chi connectivity index (χ0) is 26.0. The third-order valence-electron chi connectivity index (χ3n) is 5.82. The molecule has 0 saturated heterocycles. The maximum absolute atomic E-state index is 14.2. The molecule has 1 fully saturated rings. The van der Waals surface area contributed by atoms with E-state index >= 15 is 0 Å². The molecule has 6 nitrogen and oxygen atoms in total. The number of alkyl halides is 3. The molecule has 1 saturated carbocycles. The highest BCUT2D eigenvalue weighted by Crippen LogP contribution is 2.39. The molecule has 35 heavy (non-hydrogen) atoms. The molecule has 0 aromatic heterocycles.